The van der Waals surface area contributed by atoms with E-state index in [0.717, 1.165) is 58.7 Å². The summed E-state index contributed by atoms with van der Waals surface area (Å²) in [4.78, 5) is 16.1. The minimum atomic E-state index is -3.03. The van der Waals surface area contributed by atoms with E-state index in [1.807, 2.05) is 30.3 Å². The lowest BCUT2D eigenvalue weighted by Crippen LogP contribution is -2.08. The van der Waals surface area contributed by atoms with E-state index in [2.05, 4.69) is 42.7 Å². The van der Waals surface area contributed by atoms with Gasteiger partial charge in [0.2, 0.25) is 0 Å². The number of carboxylic acids is 1. The van der Waals surface area contributed by atoms with Crippen molar-refractivity contribution < 1.29 is 27.8 Å². The molecule has 4 aromatic rings. The lowest BCUT2D eigenvalue weighted by molar-refractivity contribution is -0.137. The first-order valence-corrected chi connectivity index (χ1v) is 16.1. The van der Waals surface area contributed by atoms with Crippen LogP contribution in [0.4, 0.5) is 0 Å². The Balaban J connectivity index is 1.37. The largest absolute Gasteiger partial charge is 0.493 e. The lowest BCUT2D eigenvalue weighted by atomic mass is 9.94. The van der Waals surface area contributed by atoms with Crippen molar-refractivity contribution in [1.82, 2.24) is 9.55 Å². The molecule has 3 aromatic carbocycles. The summed E-state index contributed by atoms with van der Waals surface area (Å²) in [5.74, 6) is 1.57. The number of fused-ring (bicyclic) bond motifs is 2. The maximum Gasteiger partial charge on any atom is 0.304 e. The fourth-order valence-electron chi connectivity index (χ4n) is 5.57. The molecule has 0 radical (unpaired) electrons. The van der Waals surface area contributed by atoms with Gasteiger partial charge in [0.25, 0.3) is 0 Å². The number of nitrogens with zero attached hydrogens (tertiary/aromatic N) is 2. The number of carboxylic acid groups (broad SMARTS) is 1. The van der Waals surface area contributed by atoms with Crippen LogP contribution in [0.15, 0.2) is 54.6 Å². The summed E-state index contributed by atoms with van der Waals surface area (Å²) in [7, 11) is -3.03. The van der Waals surface area contributed by atoms with Crippen LogP contribution in [0.25, 0.3) is 16.7 Å². The lowest BCUT2D eigenvalue weighted by Gasteiger charge is -2.15. The number of imidazole rings is 1. The second kappa shape index (κ2) is 11.9. The van der Waals surface area contributed by atoms with Crippen molar-refractivity contribution in [3.05, 3.63) is 82.7 Å². The number of hydrogen-bond acceptors (Lipinski definition) is 6. The minimum Gasteiger partial charge on any atom is -0.493 e. The summed E-state index contributed by atoms with van der Waals surface area (Å²) in [6.45, 7) is 4.95. The SMILES string of the molecule is CCc1nc2c(OCCCS(C)(=O)=O)cccc2n1-c1cccc(CCc2ccc3c(c2)OC[C@H]3CC(=O)O)c1C. The highest BCUT2D eigenvalue weighted by Crippen LogP contribution is 2.37. The molecule has 0 saturated carbocycles. The Hall–Kier alpha value is -3.85. The van der Waals surface area contributed by atoms with Crippen molar-refractivity contribution in [2.75, 3.05) is 25.2 Å². The highest BCUT2D eigenvalue weighted by molar-refractivity contribution is 7.90. The summed E-state index contributed by atoms with van der Waals surface area (Å²) < 4.78 is 36.9. The van der Waals surface area contributed by atoms with Gasteiger partial charge in [0, 0.05) is 24.2 Å². The van der Waals surface area contributed by atoms with Crippen molar-refractivity contribution >= 4 is 26.8 Å². The number of carbonyl (C=O) groups is 1. The Morgan fingerprint density at radius 3 is 2.71 bits per heavy atom. The van der Waals surface area contributed by atoms with Crippen LogP contribution in [0.3, 0.4) is 0 Å². The number of rotatable bonds is 12. The van der Waals surface area contributed by atoms with Crippen LogP contribution >= 0.6 is 0 Å². The van der Waals surface area contributed by atoms with Crippen LogP contribution in [-0.4, -0.2) is 54.3 Å². The second-order valence-corrected chi connectivity index (χ2v) is 13.0. The number of hydrogen-bond donors (Lipinski definition) is 1. The van der Waals surface area contributed by atoms with Crippen molar-refractivity contribution in [3.8, 4) is 17.2 Å². The minimum absolute atomic E-state index is 0.0812. The Morgan fingerprint density at radius 1 is 1.15 bits per heavy atom. The number of benzene rings is 3. The number of para-hydroxylation sites is 1. The van der Waals surface area contributed by atoms with Crippen LogP contribution in [0.1, 0.15) is 53.8 Å². The van der Waals surface area contributed by atoms with Gasteiger partial charge in [-0.05, 0) is 67.1 Å². The number of aromatic nitrogens is 2. The van der Waals surface area contributed by atoms with Gasteiger partial charge in [0.05, 0.1) is 36.6 Å². The van der Waals surface area contributed by atoms with Gasteiger partial charge < -0.3 is 14.6 Å². The maximum absolute atomic E-state index is 11.5. The van der Waals surface area contributed by atoms with Crippen LogP contribution in [-0.2, 0) is 33.9 Å². The van der Waals surface area contributed by atoms with E-state index in [9.17, 15) is 13.2 Å². The molecule has 1 aliphatic rings. The molecule has 1 atom stereocenters. The quantitative estimate of drug-likeness (QED) is 0.224. The molecule has 0 spiro atoms. The molecule has 1 aromatic heterocycles. The average molecular weight is 577 g/mol. The summed E-state index contributed by atoms with van der Waals surface area (Å²) >= 11 is 0. The molecule has 1 aliphatic heterocycles. The standard InChI is InChI=1S/C32H36N2O6S/c1-4-30-33-32-27(10-6-11-28(32)39-16-7-17-41(3,37)38)34(30)26-9-5-8-23(21(26)2)14-12-22-13-15-25-24(19-31(35)36)20-40-29(25)18-22/h5-6,8-11,13,15,18,24H,4,7,12,14,16-17,19-20H2,1-3H3,(H,35,36)/t24-/m1/s1. The molecule has 2 heterocycles. The third kappa shape index (κ3) is 6.40. The number of sulfone groups is 1. The summed E-state index contributed by atoms with van der Waals surface area (Å²) in [6, 6.07) is 18.4. The van der Waals surface area contributed by atoms with Crippen molar-refractivity contribution in [2.45, 2.75) is 51.9 Å². The first-order chi connectivity index (χ1) is 19.6. The molecule has 0 amide bonds. The Morgan fingerprint density at radius 2 is 1.95 bits per heavy atom. The normalized spacial score (nSPS) is 14.7. The van der Waals surface area contributed by atoms with Crippen LogP contribution in [0.5, 0.6) is 11.5 Å². The van der Waals surface area contributed by atoms with E-state index < -0.39 is 15.8 Å². The van der Waals surface area contributed by atoms with E-state index in [4.69, 9.17) is 19.6 Å². The summed E-state index contributed by atoms with van der Waals surface area (Å²) in [5, 5.41) is 9.17. The monoisotopic (exact) mass is 576 g/mol. The van der Waals surface area contributed by atoms with Gasteiger partial charge in [0.1, 0.15) is 32.7 Å². The third-order valence-electron chi connectivity index (χ3n) is 7.67. The van der Waals surface area contributed by atoms with Crippen LogP contribution in [0.2, 0.25) is 0 Å². The molecular formula is C32H36N2O6S. The number of aliphatic carboxylic acids is 1. The van der Waals surface area contributed by atoms with E-state index in [1.54, 1.807) is 0 Å². The Bertz CT molecular complexity index is 1690. The molecule has 41 heavy (non-hydrogen) atoms. The van der Waals surface area contributed by atoms with Crippen molar-refractivity contribution in [1.29, 1.82) is 0 Å². The Labute approximate surface area is 240 Å². The van der Waals surface area contributed by atoms with E-state index in [0.29, 0.717) is 25.4 Å². The zero-order valence-electron chi connectivity index (χ0n) is 23.7. The Kier molecular flexibility index (Phi) is 8.35. The summed E-state index contributed by atoms with van der Waals surface area (Å²) in [5.41, 5.74) is 7.36. The van der Waals surface area contributed by atoms with Gasteiger partial charge in [-0.25, -0.2) is 13.4 Å². The summed E-state index contributed by atoms with van der Waals surface area (Å²) in [6.07, 6.45) is 4.17. The maximum atomic E-state index is 11.5. The molecule has 0 fully saturated rings. The van der Waals surface area contributed by atoms with Gasteiger partial charge in [0.15, 0.2) is 0 Å². The predicted molar refractivity (Wildman–Crippen MR) is 159 cm³/mol. The molecule has 9 heteroatoms. The first kappa shape index (κ1) is 28.7. The van der Waals surface area contributed by atoms with Gasteiger partial charge in [-0.1, -0.05) is 37.3 Å². The van der Waals surface area contributed by atoms with E-state index in [1.165, 1.54) is 17.4 Å². The molecule has 0 bridgehead atoms. The zero-order valence-corrected chi connectivity index (χ0v) is 24.5. The number of ether oxygens (including phenoxy) is 2. The molecule has 0 aliphatic carbocycles. The molecular weight excluding hydrogens is 540 g/mol. The highest BCUT2D eigenvalue weighted by Gasteiger charge is 2.26. The van der Waals surface area contributed by atoms with E-state index in [-0.39, 0.29) is 18.1 Å². The first-order valence-electron chi connectivity index (χ1n) is 14.0. The fraction of sp³-hybridized carbons (Fsp3) is 0.375. The molecule has 216 valence electrons. The highest BCUT2D eigenvalue weighted by atomic mass is 32.2. The molecule has 0 unspecified atom stereocenters. The average Bonchev–Trinajstić information content (AvgIpc) is 3.51. The third-order valence-corrected chi connectivity index (χ3v) is 8.70. The molecule has 8 nitrogen and oxygen atoms in total. The predicted octanol–water partition coefficient (Wildman–Crippen LogP) is 5.45. The molecule has 0 saturated heterocycles. The number of aryl methyl sites for hydroxylation is 3. The van der Waals surface area contributed by atoms with Gasteiger partial charge in [-0.2, -0.15) is 0 Å². The second-order valence-electron chi connectivity index (χ2n) is 10.7. The van der Waals surface area contributed by atoms with Gasteiger partial charge in [-0.3, -0.25) is 9.36 Å². The van der Waals surface area contributed by atoms with Crippen molar-refractivity contribution in [3.63, 3.8) is 0 Å². The fourth-order valence-corrected chi connectivity index (χ4v) is 6.21. The van der Waals surface area contributed by atoms with Crippen molar-refractivity contribution in [2.24, 2.45) is 0 Å². The van der Waals surface area contributed by atoms with Crippen LogP contribution < -0.4 is 9.47 Å². The smallest absolute Gasteiger partial charge is 0.304 e. The molecule has 5 rings (SSSR count). The van der Waals surface area contributed by atoms with Crippen LogP contribution in [0, 0.1) is 6.92 Å². The van der Waals surface area contributed by atoms with Gasteiger partial charge >= 0.3 is 5.97 Å². The molecule has 1 N–H and O–H groups in total. The van der Waals surface area contributed by atoms with Gasteiger partial charge in [-0.15, -0.1) is 0 Å². The topological polar surface area (TPSA) is 108 Å². The zero-order chi connectivity index (χ0) is 29.1. The van der Waals surface area contributed by atoms with E-state index >= 15 is 0 Å².